The number of amides is 2. The summed E-state index contributed by atoms with van der Waals surface area (Å²) in [5.74, 6) is 0.865. The highest BCUT2D eigenvalue weighted by Crippen LogP contribution is 2.25. The van der Waals surface area contributed by atoms with E-state index >= 15 is 0 Å². The highest BCUT2D eigenvalue weighted by Gasteiger charge is 2.18. The van der Waals surface area contributed by atoms with E-state index < -0.39 is 0 Å². The van der Waals surface area contributed by atoms with Crippen molar-refractivity contribution in [2.75, 3.05) is 0 Å². The highest BCUT2D eigenvalue weighted by molar-refractivity contribution is 5.74. The minimum atomic E-state index is -0.151. The van der Waals surface area contributed by atoms with Crippen LogP contribution in [-0.4, -0.2) is 11.0 Å². The Kier molecular flexibility index (Phi) is 6.99. The van der Waals surface area contributed by atoms with Gasteiger partial charge in [-0.2, -0.15) is 0 Å². The maximum Gasteiger partial charge on any atom is 0.315 e. The van der Waals surface area contributed by atoms with Crippen molar-refractivity contribution >= 4 is 6.03 Å². The van der Waals surface area contributed by atoms with Crippen LogP contribution in [0.1, 0.15) is 62.8 Å². The van der Waals surface area contributed by atoms with E-state index in [0.29, 0.717) is 18.4 Å². The van der Waals surface area contributed by atoms with E-state index in [4.69, 9.17) is 0 Å². The van der Waals surface area contributed by atoms with E-state index in [9.17, 15) is 4.79 Å². The van der Waals surface area contributed by atoms with Gasteiger partial charge in [0.2, 0.25) is 0 Å². The van der Waals surface area contributed by atoms with Gasteiger partial charge >= 0.3 is 6.03 Å². The largest absolute Gasteiger partial charge is 0.334 e. The van der Waals surface area contributed by atoms with Crippen LogP contribution in [0.15, 0.2) is 48.8 Å². The molecule has 4 nitrogen and oxygen atoms in total. The number of carbonyl (C=O) groups is 1. The smallest absolute Gasteiger partial charge is 0.315 e. The molecule has 0 saturated carbocycles. The van der Waals surface area contributed by atoms with Gasteiger partial charge in [0.25, 0.3) is 0 Å². The van der Waals surface area contributed by atoms with Crippen LogP contribution < -0.4 is 10.6 Å². The van der Waals surface area contributed by atoms with Gasteiger partial charge < -0.3 is 10.6 Å². The van der Waals surface area contributed by atoms with Crippen molar-refractivity contribution in [1.82, 2.24) is 15.6 Å². The quantitative estimate of drug-likeness (QED) is 0.762. The third-order valence-electron chi connectivity index (χ3n) is 4.63. The summed E-state index contributed by atoms with van der Waals surface area (Å²) in [7, 11) is 0. The fourth-order valence-corrected chi connectivity index (χ4v) is 2.78. The maximum atomic E-state index is 12.3. The number of urea groups is 1. The summed E-state index contributed by atoms with van der Waals surface area (Å²) in [6.45, 7) is 9.17. The molecule has 0 bridgehead atoms. The van der Waals surface area contributed by atoms with Gasteiger partial charge in [0.15, 0.2) is 0 Å². The number of rotatable bonds is 7. The van der Waals surface area contributed by atoms with E-state index in [-0.39, 0.29) is 12.1 Å². The third kappa shape index (κ3) is 5.59. The van der Waals surface area contributed by atoms with Gasteiger partial charge in [0, 0.05) is 18.9 Å². The number of nitrogens with one attached hydrogen (secondary N) is 2. The normalized spacial score (nSPS) is 13.3. The number of nitrogens with zero attached hydrogens (tertiary/aromatic N) is 1. The minimum Gasteiger partial charge on any atom is -0.334 e. The van der Waals surface area contributed by atoms with Gasteiger partial charge in [-0.15, -0.1) is 0 Å². The molecule has 2 rings (SSSR count). The minimum absolute atomic E-state index is 0.0107. The molecule has 134 valence electrons. The Labute approximate surface area is 151 Å². The molecule has 1 heterocycles. The fraction of sp³-hybridized carbons (Fsp3) is 0.429. The molecule has 0 radical (unpaired) electrons. The van der Waals surface area contributed by atoms with Crippen molar-refractivity contribution < 1.29 is 4.79 Å². The van der Waals surface area contributed by atoms with Crippen molar-refractivity contribution in [3.8, 4) is 0 Å². The molecule has 2 aromatic rings. The van der Waals surface area contributed by atoms with Crippen LogP contribution in [0.2, 0.25) is 0 Å². The van der Waals surface area contributed by atoms with Crippen LogP contribution in [-0.2, 0) is 6.54 Å². The Morgan fingerprint density at radius 3 is 2.16 bits per heavy atom. The predicted molar refractivity (Wildman–Crippen MR) is 102 cm³/mol. The summed E-state index contributed by atoms with van der Waals surface area (Å²) in [5, 5.41) is 6.01. The van der Waals surface area contributed by atoms with E-state index in [1.165, 1.54) is 5.56 Å². The van der Waals surface area contributed by atoms with Crippen molar-refractivity contribution in [2.24, 2.45) is 5.92 Å². The van der Waals surface area contributed by atoms with Crippen molar-refractivity contribution in [2.45, 2.75) is 52.6 Å². The SMILES string of the molecule is CCC(C)c1ccc(C(NC(=O)NCc2ccncc2)C(C)C)cc1. The average Bonchev–Trinajstić information content (AvgIpc) is 2.64. The van der Waals surface area contributed by atoms with Crippen molar-refractivity contribution in [3.05, 3.63) is 65.5 Å². The highest BCUT2D eigenvalue weighted by atomic mass is 16.2. The first-order chi connectivity index (χ1) is 12.0. The Morgan fingerprint density at radius 2 is 1.60 bits per heavy atom. The molecular formula is C21H29N3O. The van der Waals surface area contributed by atoms with Crippen LogP contribution in [0.25, 0.3) is 0 Å². The summed E-state index contributed by atoms with van der Waals surface area (Å²) in [4.78, 5) is 16.3. The van der Waals surface area contributed by atoms with Crippen LogP contribution in [0.5, 0.6) is 0 Å². The first-order valence-electron chi connectivity index (χ1n) is 9.04. The molecule has 0 fully saturated rings. The second-order valence-electron chi connectivity index (χ2n) is 6.88. The molecule has 4 heteroatoms. The van der Waals surface area contributed by atoms with Crippen LogP contribution in [0.3, 0.4) is 0 Å². The molecule has 2 N–H and O–H groups in total. The van der Waals surface area contributed by atoms with Gasteiger partial charge in [-0.1, -0.05) is 52.0 Å². The van der Waals surface area contributed by atoms with E-state index in [2.05, 4.69) is 67.6 Å². The molecule has 2 atom stereocenters. The second-order valence-corrected chi connectivity index (χ2v) is 6.88. The molecule has 0 aliphatic heterocycles. The number of hydrogen-bond donors (Lipinski definition) is 2. The Balaban J connectivity index is 1.99. The lowest BCUT2D eigenvalue weighted by atomic mass is 9.92. The Bertz CT molecular complexity index is 653. The number of aromatic nitrogens is 1. The number of benzene rings is 1. The molecule has 0 saturated heterocycles. The maximum absolute atomic E-state index is 12.3. The molecule has 2 unspecified atom stereocenters. The predicted octanol–water partition coefficient (Wildman–Crippen LogP) is 4.79. The summed E-state index contributed by atoms with van der Waals surface area (Å²) in [5.41, 5.74) is 3.51. The zero-order valence-corrected chi connectivity index (χ0v) is 15.6. The summed E-state index contributed by atoms with van der Waals surface area (Å²) in [6.07, 6.45) is 4.58. The average molecular weight is 339 g/mol. The lowest BCUT2D eigenvalue weighted by Gasteiger charge is -2.24. The number of pyridine rings is 1. The molecule has 0 aliphatic carbocycles. The second kappa shape index (κ2) is 9.21. The van der Waals surface area contributed by atoms with Gasteiger partial charge in [-0.25, -0.2) is 4.79 Å². The molecule has 1 aromatic carbocycles. The lowest BCUT2D eigenvalue weighted by Crippen LogP contribution is -2.39. The summed E-state index contributed by atoms with van der Waals surface area (Å²) in [6, 6.07) is 12.3. The molecule has 25 heavy (non-hydrogen) atoms. The molecule has 0 spiro atoms. The zero-order chi connectivity index (χ0) is 18.2. The molecule has 0 aliphatic rings. The van der Waals surface area contributed by atoms with Gasteiger partial charge in [-0.05, 0) is 47.1 Å². The van der Waals surface area contributed by atoms with E-state index in [1.807, 2.05) is 12.1 Å². The van der Waals surface area contributed by atoms with Gasteiger partial charge in [0.05, 0.1) is 6.04 Å². The van der Waals surface area contributed by atoms with Gasteiger partial charge in [0.1, 0.15) is 0 Å². The Hall–Kier alpha value is -2.36. The number of carbonyl (C=O) groups excluding carboxylic acids is 1. The topological polar surface area (TPSA) is 54.0 Å². The molecular weight excluding hydrogens is 310 g/mol. The van der Waals surface area contributed by atoms with Crippen LogP contribution >= 0.6 is 0 Å². The van der Waals surface area contributed by atoms with E-state index in [0.717, 1.165) is 17.5 Å². The molecule has 1 aromatic heterocycles. The van der Waals surface area contributed by atoms with Crippen molar-refractivity contribution in [3.63, 3.8) is 0 Å². The summed E-state index contributed by atoms with van der Waals surface area (Å²) >= 11 is 0. The first kappa shape index (κ1) is 19.0. The lowest BCUT2D eigenvalue weighted by molar-refractivity contribution is 0.232. The summed E-state index contributed by atoms with van der Waals surface area (Å²) < 4.78 is 0. The first-order valence-corrected chi connectivity index (χ1v) is 9.04. The van der Waals surface area contributed by atoms with Crippen LogP contribution in [0.4, 0.5) is 4.79 Å². The zero-order valence-electron chi connectivity index (χ0n) is 15.6. The fourth-order valence-electron chi connectivity index (χ4n) is 2.78. The standard InChI is InChI=1S/C21H29N3O/c1-5-16(4)18-6-8-19(9-7-18)20(15(2)3)24-21(25)23-14-17-10-12-22-13-11-17/h6-13,15-16,20H,5,14H2,1-4H3,(H2,23,24,25). The number of hydrogen-bond acceptors (Lipinski definition) is 2. The van der Waals surface area contributed by atoms with Crippen LogP contribution in [0, 0.1) is 5.92 Å². The van der Waals surface area contributed by atoms with E-state index in [1.54, 1.807) is 12.4 Å². The third-order valence-corrected chi connectivity index (χ3v) is 4.63. The molecule has 2 amide bonds. The van der Waals surface area contributed by atoms with Gasteiger partial charge in [-0.3, -0.25) is 4.98 Å². The monoisotopic (exact) mass is 339 g/mol. The Morgan fingerprint density at radius 1 is 1.00 bits per heavy atom. The van der Waals surface area contributed by atoms with Crippen molar-refractivity contribution in [1.29, 1.82) is 0 Å².